The van der Waals surface area contributed by atoms with Crippen LogP contribution in [0.5, 0.6) is 0 Å². The Labute approximate surface area is 118 Å². The number of piperidine rings is 2. The maximum Gasteiger partial charge on any atom is 0.129 e. The van der Waals surface area contributed by atoms with Crippen molar-refractivity contribution >= 4 is 11.6 Å². The number of hydrogen-bond acceptors (Lipinski definition) is 2. The van der Waals surface area contributed by atoms with Crippen LogP contribution in [0.25, 0.3) is 0 Å². The van der Waals surface area contributed by atoms with Crippen LogP contribution >= 0.6 is 11.6 Å². The number of nitrogens with one attached hydrogen (secondary N) is 1. The molecule has 1 N–H and O–H groups in total. The summed E-state index contributed by atoms with van der Waals surface area (Å²) in [7, 11) is 0. The minimum atomic E-state index is -0.184. The lowest BCUT2D eigenvalue weighted by Crippen LogP contribution is -2.51. The van der Waals surface area contributed by atoms with Crippen molar-refractivity contribution in [3.05, 3.63) is 34.6 Å². The first-order chi connectivity index (χ1) is 9.24. The van der Waals surface area contributed by atoms with E-state index < -0.39 is 0 Å². The Balaban J connectivity index is 1.67. The van der Waals surface area contributed by atoms with Gasteiger partial charge in [0.25, 0.3) is 0 Å². The molecule has 2 unspecified atom stereocenters. The zero-order valence-electron chi connectivity index (χ0n) is 11.0. The van der Waals surface area contributed by atoms with Gasteiger partial charge in [0.1, 0.15) is 5.82 Å². The molecular weight excluding hydrogens is 263 g/mol. The van der Waals surface area contributed by atoms with E-state index in [-0.39, 0.29) is 5.82 Å². The molecule has 2 nitrogen and oxygen atoms in total. The number of benzene rings is 1. The van der Waals surface area contributed by atoms with Gasteiger partial charge in [-0.2, -0.15) is 0 Å². The summed E-state index contributed by atoms with van der Waals surface area (Å²) in [5, 5.41) is 4.15. The van der Waals surface area contributed by atoms with Crippen molar-refractivity contribution in [2.24, 2.45) is 5.92 Å². The fourth-order valence-electron chi connectivity index (χ4n) is 3.37. The van der Waals surface area contributed by atoms with Gasteiger partial charge in [-0.3, -0.25) is 4.90 Å². The van der Waals surface area contributed by atoms with Crippen LogP contribution in [0, 0.1) is 11.7 Å². The molecular formula is C15H20ClFN2. The van der Waals surface area contributed by atoms with E-state index in [0.29, 0.717) is 29.1 Å². The number of rotatable bonds is 2. The zero-order valence-corrected chi connectivity index (χ0v) is 11.8. The smallest absolute Gasteiger partial charge is 0.129 e. The molecule has 0 aromatic heterocycles. The summed E-state index contributed by atoms with van der Waals surface area (Å²) >= 11 is 6.11. The van der Waals surface area contributed by atoms with Crippen molar-refractivity contribution in [1.82, 2.24) is 10.2 Å². The van der Waals surface area contributed by atoms with Crippen LogP contribution in [0.2, 0.25) is 5.02 Å². The molecule has 1 aromatic rings. The SMILES string of the molecule is Fc1cccc(Cl)c1CN1CCC2NCCCC2C1. The molecule has 4 heteroatoms. The topological polar surface area (TPSA) is 15.3 Å². The van der Waals surface area contributed by atoms with Crippen molar-refractivity contribution in [2.75, 3.05) is 19.6 Å². The van der Waals surface area contributed by atoms with Crippen molar-refractivity contribution in [3.63, 3.8) is 0 Å². The lowest BCUT2D eigenvalue weighted by Gasteiger charge is -2.41. The number of halogens is 2. The summed E-state index contributed by atoms with van der Waals surface area (Å²) in [6, 6.07) is 5.60. The Kier molecular flexibility index (Phi) is 4.06. The van der Waals surface area contributed by atoms with E-state index in [1.165, 1.54) is 18.9 Å². The second-order valence-corrected chi connectivity index (χ2v) is 6.09. The standard InChI is InChI=1S/C15H20ClFN2/c16-13-4-1-5-14(17)12(13)10-19-8-6-15-11(9-19)3-2-7-18-15/h1,4-5,11,15,18H,2-3,6-10H2. The van der Waals surface area contributed by atoms with Crippen molar-refractivity contribution in [2.45, 2.75) is 31.8 Å². The number of likely N-dealkylation sites (tertiary alicyclic amines) is 1. The third-order valence-electron chi connectivity index (χ3n) is 4.42. The third-order valence-corrected chi connectivity index (χ3v) is 4.77. The van der Waals surface area contributed by atoms with E-state index in [1.807, 2.05) is 0 Å². The lowest BCUT2D eigenvalue weighted by molar-refractivity contribution is 0.108. The Morgan fingerprint density at radius 2 is 2.26 bits per heavy atom. The molecule has 1 aromatic carbocycles. The fourth-order valence-corrected chi connectivity index (χ4v) is 3.59. The van der Waals surface area contributed by atoms with Crippen LogP contribution in [-0.4, -0.2) is 30.6 Å². The molecule has 0 spiro atoms. The van der Waals surface area contributed by atoms with Gasteiger partial charge in [-0.05, 0) is 50.4 Å². The predicted molar refractivity (Wildman–Crippen MR) is 75.8 cm³/mol. The third kappa shape index (κ3) is 2.93. The van der Waals surface area contributed by atoms with Gasteiger partial charge in [-0.1, -0.05) is 17.7 Å². The van der Waals surface area contributed by atoms with Crippen LogP contribution in [-0.2, 0) is 6.54 Å². The van der Waals surface area contributed by atoms with Crippen LogP contribution in [0.3, 0.4) is 0 Å². The van der Waals surface area contributed by atoms with E-state index in [4.69, 9.17) is 11.6 Å². The fraction of sp³-hybridized carbons (Fsp3) is 0.600. The van der Waals surface area contributed by atoms with Gasteiger partial charge in [0, 0.05) is 29.7 Å². The summed E-state index contributed by atoms with van der Waals surface area (Å²) in [5.41, 5.74) is 0.645. The first kappa shape index (κ1) is 13.3. The van der Waals surface area contributed by atoms with E-state index in [0.717, 1.165) is 26.1 Å². The second-order valence-electron chi connectivity index (χ2n) is 5.69. The Hall–Kier alpha value is -0.640. The van der Waals surface area contributed by atoms with Gasteiger partial charge in [0.2, 0.25) is 0 Å². The molecule has 2 saturated heterocycles. The Bertz CT molecular complexity index is 432. The quantitative estimate of drug-likeness (QED) is 0.897. The molecule has 0 aliphatic carbocycles. The highest BCUT2D eigenvalue weighted by Crippen LogP contribution is 2.27. The highest BCUT2D eigenvalue weighted by Gasteiger charge is 2.31. The second kappa shape index (κ2) is 5.78. The lowest BCUT2D eigenvalue weighted by atomic mass is 9.85. The minimum Gasteiger partial charge on any atom is -0.314 e. The van der Waals surface area contributed by atoms with E-state index >= 15 is 0 Å². The molecule has 0 saturated carbocycles. The summed E-state index contributed by atoms with van der Waals surface area (Å²) in [4.78, 5) is 2.35. The van der Waals surface area contributed by atoms with Crippen LogP contribution in [0.15, 0.2) is 18.2 Å². The molecule has 0 amide bonds. The summed E-state index contributed by atoms with van der Waals surface area (Å²) < 4.78 is 13.8. The van der Waals surface area contributed by atoms with Crippen LogP contribution in [0.4, 0.5) is 4.39 Å². The van der Waals surface area contributed by atoms with Crippen molar-refractivity contribution in [3.8, 4) is 0 Å². The highest BCUT2D eigenvalue weighted by atomic mass is 35.5. The predicted octanol–water partition coefficient (Wildman–Crippen LogP) is 3.05. The normalized spacial score (nSPS) is 28.1. The molecule has 0 radical (unpaired) electrons. The van der Waals surface area contributed by atoms with Crippen LogP contribution in [0.1, 0.15) is 24.8 Å². The Morgan fingerprint density at radius 3 is 3.11 bits per heavy atom. The molecule has 2 atom stereocenters. The van der Waals surface area contributed by atoms with Gasteiger partial charge in [-0.15, -0.1) is 0 Å². The first-order valence-electron chi connectivity index (χ1n) is 7.12. The van der Waals surface area contributed by atoms with Gasteiger partial charge in [0.05, 0.1) is 0 Å². The molecule has 2 aliphatic heterocycles. The zero-order chi connectivity index (χ0) is 13.2. The number of hydrogen-bond donors (Lipinski definition) is 1. The minimum absolute atomic E-state index is 0.184. The average Bonchev–Trinajstić information content (AvgIpc) is 2.43. The molecule has 19 heavy (non-hydrogen) atoms. The molecule has 2 heterocycles. The van der Waals surface area contributed by atoms with Gasteiger partial charge >= 0.3 is 0 Å². The van der Waals surface area contributed by atoms with E-state index in [2.05, 4.69) is 10.2 Å². The van der Waals surface area contributed by atoms with Gasteiger partial charge in [-0.25, -0.2) is 4.39 Å². The van der Waals surface area contributed by atoms with E-state index in [9.17, 15) is 4.39 Å². The molecule has 0 bridgehead atoms. The van der Waals surface area contributed by atoms with Crippen LogP contribution < -0.4 is 5.32 Å². The highest BCUT2D eigenvalue weighted by molar-refractivity contribution is 6.31. The number of fused-ring (bicyclic) bond motifs is 1. The molecule has 2 fully saturated rings. The maximum absolute atomic E-state index is 13.8. The van der Waals surface area contributed by atoms with Crippen molar-refractivity contribution in [1.29, 1.82) is 0 Å². The first-order valence-corrected chi connectivity index (χ1v) is 7.50. The Morgan fingerprint density at radius 1 is 1.37 bits per heavy atom. The van der Waals surface area contributed by atoms with Gasteiger partial charge < -0.3 is 5.32 Å². The van der Waals surface area contributed by atoms with Crippen molar-refractivity contribution < 1.29 is 4.39 Å². The molecule has 104 valence electrons. The average molecular weight is 283 g/mol. The van der Waals surface area contributed by atoms with Gasteiger partial charge in [0.15, 0.2) is 0 Å². The molecule has 3 rings (SSSR count). The number of nitrogens with zero attached hydrogens (tertiary/aromatic N) is 1. The maximum atomic E-state index is 13.8. The summed E-state index contributed by atoms with van der Waals surface area (Å²) in [5.74, 6) is 0.532. The summed E-state index contributed by atoms with van der Waals surface area (Å²) in [6.45, 7) is 3.87. The largest absolute Gasteiger partial charge is 0.314 e. The van der Waals surface area contributed by atoms with E-state index in [1.54, 1.807) is 12.1 Å². The monoisotopic (exact) mass is 282 g/mol. The molecule has 2 aliphatic rings. The summed E-state index contributed by atoms with van der Waals surface area (Å²) in [6.07, 6.45) is 3.71.